The van der Waals surface area contributed by atoms with Crippen LogP contribution in [0, 0.1) is 0 Å². The first-order valence-corrected chi connectivity index (χ1v) is 7.74. The predicted molar refractivity (Wildman–Crippen MR) is 77.7 cm³/mol. The highest BCUT2D eigenvalue weighted by atomic mass is 32.2. The number of aromatic nitrogens is 4. The van der Waals surface area contributed by atoms with E-state index in [-0.39, 0.29) is 5.56 Å². The summed E-state index contributed by atoms with van der Waals surface area (Å²) in [6.45, 7) is 2.30. The van der Waals surface area contributed by atoms with Crippen molar-refractivity contribution in [3.8, 4) is 0 Å². The highest BCUT2D eigenvalue weighted by molar-refractivity contribution is 7.98. The van der Waals surface area contributed by atoms with E-state index in [2.05, 4.69) is 19.9 Å². The van der Waals surface area contributed by atoms with Crippen LogP contribution in [0.25, 0.3) is 0 Å². The number of fused-ring (bicyclic) bond motifs is 1. The Hall–Kier alpha value is -1.60. The molecule has 0 atom stereocenters. The predicted octanol–water partition coefficient (Wildman–Crippen LogP) is 0.784. The van der Waals surface area contributed by atoms with Crippen LogP contribution in [0.2, 0.25) is 0 Å². The van der Waals surface area contributed by atoms with E-state index >= 15 is 0 Å². The SMILES string of the molecule is CSc1nc2c(c(=O)[nH]1)CN(Cc1nccn1C)CC2. The largest absolute Gasteiger partial charge is 0.337 e. The van der Waals surface area contributed by atoms with E-state index in [4.69, 9.17) is 0 Å². The molecule has 3 heterocycles. The number of nitrogens with one attached hydrogen (secondary N) is 1. The van der Waals surface area contributed by atoms with E-state index < -0.39 is 0 Å². The van der Waals surface area contributed by atoms with Gasteiger partial charge in [0.05, 0.1) is 17.8 Å². The zero-order chi connectivity index (χ0) is 14.1. The summed E-state index contributed by atoms with van der Waals surface area (Å²) in [5.41, 5.74) is 1.72. The first-order valence-electron chi connectivity index (χ1n) is 6.52. The van der Waals surface area contributed by atoms with Gasteiger partial charge in [0.2, 0.25) is 0 Å². The van der Waals surface area contributed by atoms with Crippen molar-refractivity contribution in [2.24, 2.45) is 7.05 Å². The van der Waals surface area contributed by atoms with Crippen LogP contribution in [-0.4, -0.2) is 37.2 Å². The second-order valence-corrected chi connectivity index (χ2v) is 5.71. The number of aryl methyl sites for hydroxylation is 1. The van der Waals surface area contributed by atoms with Crippen molar-refractivity contribution in [1.29, 1.82) is 0 Å². The first-order chi connectivity index (χ1) is 9.67. The average Bonchev–Trinajstić information content (AvgIpc) is 2.85. The van der Waals surface area contributed by atoms with Crippen LogP contribution in [-0.2, 0) is 26.6 Å². The monoisotopic (exact) mass is 291 g/mol. The smallest absolute Gasteiger partial charge is 0.256 e. The highest BCUT2D eigenvalue weighted by Crippen LogP contribution is 2.17. The number of H-pyrrole nitrogens is 1. The first kappa shape index (κ1) is 13.4. The van der Waals surface area contributed by atoms with Gasteiger partial charge in [-0.3, -0.25) is 9.69 Å². The Kier molecular flexibility index (Phi) is 3.62. The summed E-state index contributed by atoms with van der Waals surface area (Å²) < 4.78 is 2.01. The number of hydrogen-bond donors (Lipinski definition) is 1. The topological polar surface area (TPSA) is 66.8 Å². The molecule has 0 aliphatic carbocycles. The molecule has 0 saturated carbocycles. The molecule has 7 heteroatoms. The summed E-state index contributed by atoms with van der Waals surface area (Å²) in [6, 6.07) is 0. The molecule has 0 bridgehead atoms. The van der Waals surface area contributed by atoms with Crippen molar-refractivity contribution in [3.05, 3.63) is 39.8 Å². The third kappa shape index (κ3) is 2.51. The Morgan fingerprint density at radius 2 is 2.35 bits per heavy atom. The Labute approximate surface area is 121 Å². The third-order valence-electron chi connectivity index (χ3n) is 3.61. The third-order valence-corrected chi connectivity index (χ3v) is 4.19. The second-order valence-electron chi connectivity index (χ2n) is 4.92. The molecule has 106 valence electrons. The van der Waals surface area contributed by atoms with E-state index in [1.54, 1.807) is 6.20 Å². The lowest BCUT2D eigenvalue weighted by molar-refractivity contribution is 0.233. The minimum Gasteiger partial charge on any atom is -0.337 e. The fourth-order valence-electron chi connectivity index (χ4n) is 2.44. The van der Waals surface area contributed by atoms with Gasteiger partial charge in [-0.15, -0.1) is 0 Å². The van der Waals surface area contributed by atoms with Gasteiger partial charge in [0.25, 0.3) is 5.56 Å². The van der Waals surface area contributed by atoms with Gasteiger partial charge in [-0.25, -0.2) is 9.97 Å². The Balaban J connectivity index is 1.82. The molecule has 0 unspecified atom stereocenters. The molecule has 3 rings (SSSR count). The maximum atomic E-state index is 12.1. The summed E-state index contributed by atoms with van der Waals surface area (Å²) in [6.07, 6.45) is 6.47. The van der Waals surface area contributed by atoms with Crippen molar-refractivity contribution in [3.63, 3.8) is 0 Å². The van der Waals surface area contributed by atoms with Gasteiger partial charge >= 0.3 is 0 Å². The number of aromatic amines is 1. The number of imidazole rings is 1. The van der Waals surface area contributed by atoms with Crippen molar-refractivity contribution >= 4 is 11.8 Å². The second kappa shape index (κ2) is 5.41. The van der Waals surface area contributed by atoms with Crippen LogP contribution < -0.4 is 5.56 Å². The molecule has 0 saturated heterocycles. The zero-order valence-electron chi connectivity index (χ0n) is 11.6. The average molecular weight is 291 g/mol. The number of hydrogen-bond acceptors (Lipinski definition) is 5. The normalized spacial score (nSPS) is 15.3. The van der Waals surface area contributed by atoms with Crippen LogP contribution in [0.15, 0.2) is 22.3 Å². The maximum absolute atomic E-state index is 12.1. The fraction of sp³-hybridized carbons (Fsp3) is 0.462. The van der Waals surface area contributed by atoms with Crippen molar-refractivity contribution in [1.82, 2.24) is 24.4 Å². The summed E-state index contributed by atoms with van der Waals surface area (Å²) in [5, 5.41) is 0.700. The molecule has 1 aliphatic rings. The Morgan fingerprint density at radius 3 is 3.05 bits per heavy atom. The summed E-state index contributed by atoms with van der Waals surface area (Å²) in [7, 11) is 1.99. The van der Waals surface area contributed by atoms with Crippen molar-refractivity contribution in [2.45, 2.75) is 24.7 Å². The van der Waals surface area contributed by atoms with Gasteiger partial charge in [0.15, 0.2) is 5.16 Å². The Morgan fingerprint density at radius 1 is 1.50 bits per heavy atom. The molecule has 0 amide bonds. The van der Waals surface area contributed by atoms with Gasteiger partial charge in [-0.05, 0) is 6.26 Å². The lowest BCUT2D eigenvalue weighted by atomic mass is 10.1. The van der Waals surface area contributed by atoms with Gasteiger partial charge in [0.1, 0.15) is 5.82 Å². The molecule has 6 nitrogen and oxygen atoms in total. The summed E-state index contributed by atoms with van der Waals surface area (Å²) in [5.74, 6) is 1.01. The van der Waals surface area contributed by atoms with Crippen LogP contribution in [0.4, 0.5) is 0 Å². The molecule has 0 aromatic carbocycles. The minimum absolute atomic E-state index is 0.0103. The standard InChI is InChI=1S/C13H17N5OS/c1-17-6-4-14-11(17)8-18-5-3-10-9(7-18)12(19)16-13(15-10)20-2/h4,6H,3,5,7-8H2,1-2H3,(H,15,16,19). The van der Waals surface area contributed by atoms with E-state index in [1.807, 2.05) is 24.1 Å². The maximum Gasteiger partial charge on any atom is 0.256 e. The quantitative estimate of drug-likeness (QED) is 0.669. The molecule has 2 aromatic rings. The van der Waals surface area contributed by atoms with Crippen LogP contribution in [0.1, 0.15) is 17.1 Å². The van der Waals surface area contributed by atoms with Crippen molar-refractivity contribution in [2.75, 3.05) is 12.8 Å². The molecule has 0 spiro atoms. The number of thioether (sulfide) groups is 1. The number of rotatable bonds is 3. The summed E-state index contributed by atoms with van der Waals surface area (Å²) >= 11 is 1.47. The molecule has 2 aromatic heterocycles. The van der Waals surface area contributed by atoms with Gasteiger partial charge < -0.3 is 9.55 Å². The van der Waals surface area contributed by atoms with Gasteiger partial charge in [-0.2, -0.15) is 0 Å². The van der Waals surface area contributed by atoms with Crippen LogP contribution >= 0.6 is 11.8 Å². The fourth-order valence-corrected chi connectivity index (χ4v) is 2.83. The van der Waals surface area contributed by atoms with E-state index in [9.17, 15) is 4.79 Å². The minimum atomic E-state index is -0.0103. The Bertz CT molecular complexity index is 678. The molecule has 0 fully saturated rings. The lowest BCUT2D eigenvalue weighted by Gasteiger charge is -2.27. The molecule has 0 radical (unpaired) electrons. The van der Waals surface area contributed by atoms with Gasteiger partial charge in [-0.1, -0.05) is 11.8 Å². The highest BCUT2D eigenvalue weighted by Gasteiger charge is 2.21. The summed E-state index contributed by atoms with van der Waals surface area (Å²) in [4.78, 5) is 26.0. The lowest BCUT2D eigenvalue weighted by Crippen LogP contribution is -2.36. The molecule has 1 N–H and O–H groups in total. The van der Waals surface area contributed by atoms with Crippen molar-refractivity contribution < 1.29 is 0 Å². The molecular weight excluding hydrogens is 274 g/mol. The molecule has 20 heavy (non-hydrogen) atoms. The number of nitrogens with zero attached hydrogens (tertiary/aromatic N) is 4. The molecule has 1 aliphatic heterocycles. The molecular formula is C13H17N5OS. The van der Waals surface area contributed by atoms with E-state index in [0.29, 0.717) is 11.7 Å². The van der Waals surface area contributed by atoms with Crippen LogP contribution in [0.5, 0.6) is 0 Å². The van der Waals surface area contributed by atoms with Gasteiger partial charge in [0, 0.05) is 39.0 Å². The van der Waals surface area contributed by atoms with Crippen LogP contribution in [0.3, 0.4) is 0 Å². The van der Waals surface area contributed by atoms with E-state index in [1.165, 1.54) is 11.8 Å². The zero-order valence-corrected chi connectivity index (χ0v) is 12.4. The van der Waals surface area contributed by atoms with E-state index in [0.717, 1.165) is 36.6 Å².